The fraction of sp³-hybridized carbons (Fsp3) is 0.300. The molecule has 0 saturated carbocycles. The quantitative estimate of drug-likeness (QED) is 0.660. The third kappa shape index (κ3) is 3.93. The first kappa shape index (κ1) is 19.7. The molecule has 0 amide bonds. The van der Waals surface area contributed by atoms with Crippen LogP contribution in [-0.2, 0) is 16.6 Å². The highest BCUT2D eigenvalue weighted by atomic mass is 32.2. The van der Waals surface area contributed by atoms with Crippen molar-refractivity contribution in [1.82, 2.24) is 13.7 Å². The number of rotatable bonds is 4. The highest BCUT2D eigenvalue weighted by Gasteiger charge is 2.30. The number of aryl methyl sites for hydroxylation is 1. The van der Waals surface area contributed by atoms with Gasteiger partial charge in [-0.3, -0.25) is 9.20 Å². The third-order valence-electron chi connectivity index (χ3n) is 5.25. The van der Waals surface area contributed by atoms with E-state index in [4.69, 9.17) is 0 Å². The van der Waals surface area contributed by atoms with Gasteiger partial charge in [0.1, 0.15) is 23.7 Å². The molecule has 9 heteroatoms. The number of benzene rings is 1. The van der Waals surface area contributed by atoms with Gasteiger partial charge < -0.3 is 4.90 Å². The van der Waals surface area contributed by atoms with Crippen LogP contribution in [0.2, 0.25) is 0 Å². The molecule has 29 heavy (non-hydrogen) atoms. The first-order valence-corrected chi connectivity index (χ1v) is 10.9. The number of quaternary nitrogens is 1. The molecule has 1 fully saturated rings. The summed E-state index contributed by atoms with van der Waals surface area (Å²) in [4.78, 5) is 18.3. The highest BCUT2D eigenvalue weighted by Crippen LogP contribution is 2.16. The molecule has 0 spiro atoms. The Hall–Kier alpha value is -2.62. The third-order valence-corrected chi connectivity index (χ3v) is 7.16. The van der Waals surface area contributed by atoms with Gasteiger partial charge in [0.2, 0.25) is 10.0 Å². The molecule has 152 valence electrons. The lowest BCUT2D eigenvalue weighted by Crippen LogP contribution is -3.13. The maximum Gasteiger partial charge on any atom is 0.258 e. The minimum absolute atomic E-state index is 0.0990. The molecule has 2 aromatic heterocycles. The number of aromatic nitrogens is 2. The fourth-order valence-corrected chi connectivity index (χ4v) is 5.13. The smallest absolute Gasteiger partial charge is 0.258 e. The van der Waals surface area contributed by atoms with Crippen molar-refractivity contribution in [2.45, 2.75) is 18.4 Å². The van der Waals surface area contributed by atoms with Crippen LogP contribution in [0.5, 0.6) is 0 Å². The lowest BCUT2D eigenvalue weighted by Gasteiger charge is -2.31. The number of piperazine rings is 1. The predicted octanol–water partition coefficient (Wildman–Crippen LogP) is 0.231. The van der Waals surface area contributed by atoms with Crippen molar-refractivity contribution >= 4 is 15.7 Å². The summed E-state index contributed by atoms with van der Waals surface area (Å²) in [5.41, 5.74) is 2.04. The summed E-state index contributed by atoms with van der Waals surface area (Å²) < 4.78 is 41.5. The van der Waals surface area contributed by atoms with E-state index in [0.717, 1.165) is 17.8 Å². The molecule has 3 aromatic rings. The number of pyridine rings is 1. The normalized spacial score (nSPS) is 16.3. The molecule has 1 aromatic carbocycles. The monoisotopic (exact) mass is 417 g/mol. The van der Waals surface area contributed by atoms with E-state index in [2.05, 4.69) is 4.98 Å². The van der Waals surface area contributed by atoms with Crippen molar-refractivity contribution in [3.63, 3.8) is 0 Å². The summed E-state index contributed by atoms with van der Waals surface area (Å²) in [6.07, 6.45) is 0. The van der Waals surface area contributed by atoms with E-state index in [1.807, 2.05) is 19.1 Å². The number of nitrogens with zero attached hydrogens (tertiary/aromatic N) is 3. The molecule has 4 rings (SSSR count). The van der Waals surface area contributed by atoms with Gasteiger partial charge >= 0.3 is 0 Å². The number of halogens is 1. The van der Waals surface area contributed by atoms with Gasteiger partial charge in [0.15, 0.2) is 0 Å². The molecule has 0 radical (unpaired) electrons. The largest absolute Gasteiger partial charge is 0.328 e. The SMILES string of the molecule is Cc1cccc2nc(C[NH+]3CCN(S(=O)(=O)c4ccc(F)cc4)CC3)cc(=O)n12. The maximum atomic E-state index is 13.1. The summed E-state index contributed by atoms with van der Waals surface area (Å²) in [6, 6.07) is 12.0. The fourth-order valence-electron chi connectivity index (χ4n) is 3.69. The van der Waals surface area contributed by atoms with Crippen molar-refractivity contribution in [2.75, 3.05) is 26.2 Å². The average Bonchev–Trinajstić information content (AvgIpc) is 2.68. The Bertz CT molecular complexity index is 1200. The molecular weight excluding hydrogens is 395 g/mol. The molecule has 7 nitrogen and oxygen atoms in total. The van der Waals surface area contributed by atoms with E-state index in [1.165, 1.54) is 21.3 Å². The van der Waals surface area contributed by atoms with Gasteiger partial charge in [-0.15, -0.1) is 0 Å². The predicted molar refractivity (Wildman–Crippen MR) is 106 cm³/mol. The Morgan fingerprint density at radius 2 is 1.79 bits per heavy atom. The van der Waals surface area contributed by atoms with E-state index < -0.39 is 15.8 Å². The van der Waals surface area contributed by atoms with Crippen molar-refractivity contribution in [3.8, 4) is 0 Å². The van der Waals surface area contributed by atoms with E-state index >= 15 is 0 Å². The minimum atomic E-state index is -3.63. The van der Waals surface area contributed by atoms with Crippen LogP contribution in [0.25, 0.3) is 5.65 Å². The van der Waals surface area contributed by atoms with Gasteiger partial charge in [0.05, 0.1) is 31.1 Å². The lowest BCUT2D eigenvalue weighted by molar-refractivity contribution is -0.917. The van der Waals surface area contributed by atoms with Crippen LogP contribution in [-0.4, -0.2) is 48.3 Å². The Morgan fingerprint density at radius 3 is 2.48 bits per heavy atom. The molecule has 0 unspecified atom stereocenters. The van der Waals surface area contributed by atoms with Crippen molar-refractivity contribution in [2.24, 2.45) is 0 Å². The Labute approximate surface area is 168 Å². The number of fused-ring (bicyclic) bond motifs is 1. The van der Waals surface area contributed by atoms with Crippen LogP contribution >= 0.6 is 0 Å². The van der Waals surface area contributed by atoms with Gasteiger partial charge in [-0.05, 0) is 43.3 Å². The topological polar surface area (TPSA) is 76.2 Å². The van der Waals surface area contributed by atoms with Gasteiger partial charge in [0.25, 0.3) is 5.56 Å². The van der Waals surface area contributed by atoms with Gasteiger partial charge in [-0.1, -0.05) is 6.07 Å². The summed E-state index contributed by atoms with van der Waals surface area (Å²) in [6.45, 7) is 4.36. The molecule has 3 heterocycles. The standard InChI is InChI=1S/C20H21FN4O3S/c1-15-3-2-4-19-22-17(13-20(26)25(15)19)14-23-9-11-24(12-10-23)29(27,28)18-7-5-16(21)6-8-18/h2-8,13H,9-12,14H2,1H3/p+1. The van der Waals surface area contributed by atoms with E-state index in [0.29, 0.717) is 44.1 Å². The summed E-state index contributed by atoms with van der Waals surface area (Å²) >= 11 is 0. The number of hydrogen-bond acceptors (Lipinski definition) is 4. The number of hydrogen-bond donors (Lipinski definition) is 1. The van der Waals surface area contributed by atoms with Crippen LogP contribution in [0.3, 0.4) is 0 Å². The van der Waals surface area contributed by atoms with E-state index in [9.17, 15) is 17.6 Å². The number of nitrogens with one attached hydrogen (secondary N) is 1. The maximum absolute atomic E-state index is 13.1. The Balaban J connectivity index is 1.46. The van der Waals surface area contributed by atoms with Crippen molar-refractivity contribution < 1.29 is 17.7 Å². The summed E-state index contributed by atoms with van der Waals surface area (Å²) in [5.74, 6) is -0.466. The molecule has 0 bridgehead atoms. The first-order chi connectivity index (χ1) is 13.8. The van der Waals surface area contributed by atoms with Crippen LogP contribution in [0.1, 0.15) is 11.4 Å². The minimum Gasteiger partial charge on any atom is -0.328 e. The second kappa shape index (κ2) is 7.66. The van der Waals surface area contributed by atoms with Crippen molar-refractivity contribution in [3.05, 3.63) is 76.1 Å². The van der Waals surface area contributed by atoms with Crippen LogP contribution in [0.4, 0.5) is 4.39 Å². The first-order valence-electron chi connectivity index (χ1n) is 9.42. The molecule has 1 aliphatic heterocycles. The molecule has 0 aliphatic carbocycles. The molecule has 1 N–H and O–H groups in total. The van der Waals surface area contributed by atoms with Crippen LogP contribution in [0.15, 0.2) is 58.2 Å². The van der Waals surface area contributed by atoms with E-state index in [1.54, 1.807) is 16.5 Å². The van der Waals surface area contributed by atoms with Gasteiger partial charge in [-0.2, -0.15) is 4.31 Å². The zero-order valence-corrected chi connectivity index (χ0v) is 16.8. The molecular formula is C20H22FN4O3S+. The van der Waals surface area contributed by atoms with Crippen LogP contribution < -0.4 is 10.5 Å². The Kier molecular flexibility index (Phi) is 5.20. The molecule has 0 atom stereocenters. The summed E-state index contributed by atoms with van der Waals surface area (Å²) in [7, 11) is -3.63. The lowest BCUT2D eigenvalue weighted by atomic mass is 10.3. The van der Waals surface area contributed by atoms with Gasteiger partial charge in [0, 0.05) is 11.8 Å². The molecule has 1 saturated heterocycles. The highest BCUT2D eigenvalue weighted by molar-refractivity contribution is 7.89. The second-order valence-electron chi connectivity index (χ2n) is 7.23. The Morgan fingerprint density at radius 1 is 1.10 bits per heavy atom. The molecule has 1 aliphatic rings. The van der Waals surface area contributed by atoms with Gasteiger partial charge in [-0.25, -0.2) is 17.8 Å². The number of sulfonamides is 1. The average molecular weight is 417 g/mol. The van der Waals surface area contributed by atoms with E-state index in [-0.39, 0.29) is 10.5 Å². The summed E-state index contributed by atoms with van der Waals surface area (Å²) in [5, 5.41) is 0. The second-order valence-corrected chi connectivity index (χ2v) is 9.17. The zero-order chi connectivity index (χ0) is 20.6. The van der Waals surface area contributed by atoms with Crippen molar-refractivity contribution in [1.29, 1.82) is 0 Å². The zero-order valence-electron chi connectivity index (χ0n) is 16.0. The van der Waals surface area contributed by atoms with Crippen LogP contribution in [0, 0.1) is 12.7 Å².